The van der Waals surface area contributed by atoms with E-state index in [0.717, 1.165) is 17.6 Å². The third kappa shape index (κ3) is 3.99. The number of carbonyl (C=O) groups excluding carboxylic acids is 2. The Hall–Kier alpha value is -1.64. The average Bonchev–Trinajstić information content (AvgIpc) is 2.36. The summed E-state index contributed by atoms with van der Waals surface area (Å²) >= 11 is 0. The molecule has 0 aromatic heterocycles. The summed E-state index contributed by atoms with van der Waals surface area (Å²) in [5.41, 5.74) is 2.17. The minimum absolute atomic E-state index is 0.0445. The zero-order valence-electron chi connectivity index (χ0n) is 11.2. The molecule has 0 aromatic rings. The summed E-state index contributed by atoms with van der Waals surface area (Å²) in [7, 11) is 0. The molecule has 0 aromatic carbocycles. The van der Waals surface area contributed by atoms with Crippen LogP contribution >= 0.6 is 0 Å². The monoisotopic (exact) mass is 247 g/mol. The molecule has 1 heterocycles. The summed E-state index contributed by atoms with van der Waals surface area (Å²) < 4.78 is 0. The molecule has 0 radical (unpaired) electrons. The molecule has 1 aliphatic rings. The maximum atomic E-state index is 11.7. The SMILES string of the molecule is C=C(/C=C\C(=C/C)CCC(=O)N1CCC1=O)CC. The summed E-state index contributed by atoms with van der Waals surface area (Å²) in [6.45, 7) is 8.50. The number of hydrogen-bond acceptors (Lipinski definition) is 2. The third-order valence-electron chi connectivity index (χ3n) is 3.14. The lowest BCUT2D eigenvalue weighted by Crippen LogP contribution is -2.47. The maximum Gasteiger partial charge on any atom is 0.230 e. The van der Waals surface area contributed by atoms with Gasteiger partial charge in [-0.25, -0.2) is 0 Å². The number of rotatable bonds is 6. The lowest BCUT2D eigenvalue weighted by Gasteiger charge is -2.28. The number of nitrogens with zero attached hydrogens (tertiary/aromatic N) is 1. The van der Waals surface area contributed by atoms with Crippen LogP contribution in [0.3, 0.4) is 0 Å². The molecule has 0 N–H and O–H groups in total. The van der Waals surface area contributed by atoms with Gasteiger partial charge >= 0.3 is 0 Å². The average molecular weight is 247 g/mol. The third-order valence-corrected chi connectivity index (χ3v) is 3.14. The van der Waals surface area contributed by atoms with Crippen LogP contribution in [0.1, 0.15) is 39.5 Å². The molecular weight excluding hydrogens is 226 g/mol. The highest BCUT2D eigenvalue weighted by Gasteiger charge is 2.29. The summed E-state index contributed by atoms with van der Waals surface area (Å²) in [5.74, 6) is -0.106. The molecule has 0 bridgehead atoms. The smallest absolute Gasteiger partial charge is 0.230 e. The van der Waals surface area contributed by atoms with Gasteiger partial charge in [0.2, 0.25) is 11.8 Å². The molecular formula is C15H21NO2. The van der Waals surface area contributed by atoms with Crippen molar-refractivity contribution in [1.82, 2.24) is 4.90 Å². The minimum atomic E-state index is -0.0617. The molecule has 3 heteroatoms. The van der Waals surface area contributed by atoms with Crippen molar-refractivity contribution in [3.8, 4) is 0 Å². The van der Waals surface area contributed by atoms with Gasteiger partial charge in [0.25, 0.3) is 0 Å². The van der Waals surface area contributed by atoms with E-state index >= 15 is 0 Å². The molecule has 0 unspecified atom stereocenters. The summed E-state index contributed by atoms with van der Waals surface area (Å²) in [5, 5.41) is 0. The molecule has 18 heavy (non-hydrogen) atoms. The van der Waals surface area contributed by atoms with Crippen LogP contribution in [0.2, 0.25) is 0 Å². The van der Waals surface area contributed by atoms with Crippen molar-refractivity contribution < 1.29 is 9.59 Å². The number of hydrogen-bond donors (Lipinski definition) is 0. The summed E-state index contributed by atoms with van der Waals surface area (Å²) in [4.78, 5) is 24.1. The predicted octanol–water partition coefficient (Wildman–Crippen LogP) is 2.99. The molecule has 0 spiro atoms. The van der Waals surface area contributed by atoms with E-state index in [1.807, 2.05) is 25.2 Å². The van der Waals surface area contributed by atoms with Crippen molar-refractivity contribution in [2.75, 3.05) is 6.54 Å². The van der Waals surface area contributed by atoms with Gasteiger partial charge in [-0.2, -0.15) is 0 Å². The highest BCUT2D eigenvalue weighted by Crippen LogP contribution is 2.15. The second kappa shape index (κ2) is 6.94. The van der Waals surface area contributed by atoms with Crippen LogP contribution in [-0.2, 0) is 9.59 Å². The standard InChI is InChI=1S/C15H21NO2/c1-4-12(3)6-7-13(5-2)8-9-14(17)16-11-10-15(16)18/h5-7H,3-4,8-11H2,1-2H3/b7-6-,13-5+. The Kier molecular flexibility index (Phi) is 5.56. The van der Waals surface area contributed by atoms with E-state index in [-0.39, 0.29) is 11.8 Å². The quantitative estimate of drug-likeness (QED) is 0.534. The molecule has 1 aliphatic heterocycles. The van der Waals surface area contributed by atoms with Crippen LogP contribution in [0.4, 0.5) is 0 Å². The Morgan fingerprint density at radius 1 is 1.39 bits per heavy atom. The zero-order chi connectivity index (χ0) is 13.5. The number of imide groups is 1. The predicted molar refractivity (Wildman–Crippen MR) is 72.9 cm³/mol. The second-order valence-electron chi connectivity index (χ2n) is 4.40. The van der Waals surface area contributed by atoms with Gasteiger partial charge in [-0.1, -0.05) is 42.9 Å². The summed E-state index contributed by atoms with van der Waals surface area (Å²) in [6.07, 6.45) is 8.48. The summed E-state index contributed by atoms with van der Waals surface area (Å²) in [6, 6.07) is 0. The van der Waals surface area contributed by atoms with Crippen LogP contribution in [0.5, 0.6) is 0 Å². The number of carbonyl (C=O) groups is 2. The van der Waals surface area contributed by atoms with Crippen molar-refractivity contribution in [1.29, 1.82) is 0 Å². The van der Waals surface area contributed by atoms with E-state index in [2.05, 4.69) is 13.5 Å². The molecule has 1 saturated heterocycles. The Labute approximate surface area is 109 Å². The van der Waals surface area contributed by atoms with Gasteiger partial charge in [-0.15, -0.1) is 0 Å². The van der Waals surface area contributed by atoms with Gasteiger partial charge in [-0.05, 0) is 19.8 Å². The van der Waals surface area contributed by atoms with E-state index in [4.69, 9.17) is 0 Å². The van der Waals surface area contributed by atoms with Crippen molar-refractivity contribution in [2.24, 2.45) is 0 Å². The van der Waals surface area contributed by atoms with Gasteiger partial charge < -0.3 is 0 Å². The molecule has 1 fully saturated rings. The Morgan fingerprint density at radius 2 is 2.11 bits per heavy atom. The number of β-lactam (4-membered cyclic amide) rings is 1. The van der Waals surface area contributed by atoms with E-state index in [1.54, 1.807) is 0 Å². The first-order valence-electron chi connectivity index (χ1n) is 6.42. The first-order chi connectivity index (χ1) is 8.58. The minimum Gasteiger partial charge on any atom is -0.282 e. The molecule has 98 valence electrons. The van der Waals surface area contributed by atoms with Crippen LogP contribution in [0.25, 0.3) is 0 Å². The van der Waals surface area contributed by atoms with Gasteiger partial charge in [0, 0.05) is 19.4 Å². The van der Waals surface area contributed by atoms with E-state index in [0.29, 0.717) is 25.8 Å². The van der Waals surface area contributed by atoms with Gasteiger partial charge in [0.1, 0.15) is 0 Å². The van der Waals surface area contributed by atoms with Crippen molar-refractivity contribution in [2.45, 2.75) is 39.5 Å². The second-order valence-corrected chi connectivity index (χ2v) is 4.40. The van der Waals surface area contributed by atoms with Crippen LogP contribution < -0.4 is 0 Å². The first-order valence-corrected chi connectivity index (χ1v) is 6.42. The van der Waals surface area contributed by atoms with Gasteiger partial charge in [-0.3, -0.25) is 14.5 Å². The Morgan fingerprint density at radius 3 is 2.56 bits per heavy atom. The number of likely N-dealkylation sites (tertiary alicyclic amines) is 1. The van der Waals surface area contributed by atoms with Crippen LogP contribution in [0, 0.1) is 0 Å². The van der Waals surface area contributed by atoms with E-state index < -0.39 is 0 Å². The van der Waals surface area contributed by atoms with Crippen molar-refractivity contribution in [3.05, 3.63) is 36.0 Å². The van der Waals surface area contributed by atoms with Gasteiger partial charge in [0.05, 0.1) is 0 Å². The normalized spacial score (nSPS) is 16.0. The molecule has 3 nitrogen and oxygen atoms in total. The lowest BCUT2D eigenvalue weighted by molar-refractivity contribution is -0.152. The molecule has 0 atom stereocenters. The van der Waals surface area contributed by atoms with E-state index in [1.165, 1.54) is 4.90 Å². The van der Waals surface area contributed by atoms with Crippen molar-refractivity contribution in [3.63, 3.8) is 0 Å². The highest BCUT2D eigenvalue weighted by molar-refractivity contribution is 5.99. The Bertz CT molecular complexity index is 405. The fourth-order valence-electron chi connectivity index (χ4n) is 1.63. The molecule has 0 saturated carbocycles. The fraction of sp³-hybridized carbons (Fsp3) is 0.467. The molecule has 0 aliphatic carbocycles. The molecule has 1 rings (SSSR count). The molecule has 2 amide bonds. The topological polar surface area (TPSA) is 37.4 Å². The van der Waals surface area contributed by atoms with Gasteiger partial charge in [0.15, 0.2) is 0 Å². The first kappa shape index (κ1) is 14.4. The van der Waals surface area contributed by atoms with Crippen molar-refractivity contribution >= 4 is 11.8 Å². The highest BCUT2D eigenvalue weighted by atomic mass is 16.2. The largest absolute Gasteiger partial charge is 0.282 e. The number of amides is 2. The lowest BCUT2D eigenvalue weighted by atomic mass is 10.1. The number of allylic oxidation sites excluding steroid dienone is 5. The van der Waals surface area contributed by atoms with Crippen LogP contribution in [0.15, 0.2) is 36.0 Å². The fourth-order valence-corrected chi connectivity index (χ4v) is 1.63. The Balaban J connectivity index is 2.40. The zero-order valence-corrected chi connectivity index (χ0v) is 11.2. The van der Waals surface area contributed by atoms with E-state index in [9.17, 15) is 9.59 Å². The maximum absolute atomic E-state index is 11.7. The van der Waals surface area contributed by atoms with Crippen LogP contribution in [-0.4, -0.2) is 23.3 Å².